The summed E-state index contributed by atoms with van der Waals surface area (Å²) in [4.78, 5) is 11.9. The quantitative estimate of drug-likeness (QED) is 0.771. The van der Waals surface area contributed by atoms with E-state index in [0.717, 1.165) is 44.9 Å². The van der Waals surface area contributed by atoms with Crippen LogP contribution in [0.4, 0.5) is 0 Å². The van der Waals surface area contributed by atoms with E-state index in [4.69, 9.17) is 0 Å². The van der Waals surface area contributed by atoms with Crippen LogP contribution in [0.5, 0.6) is 0 Å². The molecule has 0 spiro atoms. The molecule has 0 aromatic carbocycles. The van der Waals surface area contributed by atoms with Gasteiger partial charge in [0.1, 0.15) is 0 Å². The van der Waals surface area contributed by atoms with Crippen LogP contribution < -0.4 is 0 Å². The van der Waals surface area contributed by atoms with Crippen molar-refractivity contribution in [1.82, 2.24) is 0 Å². The second-order valence-corrected chi connectivity index (χ2v) is 9.56. The summed E-state index contributed by atoms with van der Waals surface area (Å²) in [6.45, 7) is 6.38. The van der Waals surface area contributed by atoms with Gasteiger partial charge in [-0.3, -0.25) is 4.79 Å². The molecule has 3 fully saturated rings. The molecule has 0 aromatic heterocycles. The first-order valence-corrected chi connectivity index (χ1v) is 9.87. The van der Waals surface area contributed by atoms with Crippen molar-refractivity contribution in [3.05, 3.63) is 11.6 Å². The van der Waals surface area contributed by atoms with Crippen molar-refractivity contribution in [2.24, 2.45) is 28.6 Å². The van der Waals surface area contributed by atoms with E-state index < -0.39 is 11.7 Å². The maximum Gasteiger partial charge on any atom is 0.155 e. The van der Waals surface area contributed by atoms with Crippen LogP contribution >= 0.6 is 0 Å². The summed E-state index contributed by atoms with van der Waals surface area (Å²) in [5.74, 6) is 2.09. The van der Waals surface area contributed by atoms with Crippen molar-refractivity contribution >= 4 is 5.78 Å². The van der Waals surface area contributed by atoms with Crippen LogP contribution in [0.15, 0.2) is 11.6 Å². The van der Waals surface area contributed by atoms with Crippen molar-refractivity contribution in [2.75, 3.05) is 0 Å². The lowest BCUT2D eigenvalue weighted by molar-refractivity contribution is -0.171. The Morgan fingerprint density at radius 3 is 2.50 bits per heavy atom. The lowest BCUT2D eigenvalue weighted by atomic mass is 9.46. The third-order valence-corrected chi connectivity index (χ3v) is 8.87. The number of hydrogen-bond acceptors (Lipinski definition) is 3. The Hall–Kier alpha value is -0.670. The third-order valence-electron chi connectivity index (χ3n) is 8.87. The molecule has 24 heavy (non-hydrogen) atoms. The molecular weight excluding hydrogens is 300 g/mol. The summed E-state index contributed by atoms with van der Waals surface area (Å²) >= 11 is 0. The molecule has 134 valence electrons. The van der Waals surface area contributed by atoms with Crippen LogP contribution in [-0.4, -0.2) is 27.7 Å². The van der Waals surface area contributed by atoms with E-state index in [1.165, 1.54) is 5.57 Å². The molecule has 0 heterocycles. The zero-order valence-corrected chi connectivity index (χ0v) is 15.3. The molecule has 0 aliphatic heterocycles. The second-order valence-electron chi connectivity index (χ2n) is 9.56. The number of aliphatic hydroxyl groups is 2. The van der Waals surface area contributed by atoms with E-state index in [1.54, 1.807) is 6.92 Å². The average Bonchev–Trinajstić information content (AvgIpc) is 2.81. The van der Waals surface area contributed by atoms with E-state index in [-0.39, 0.29) is 10.8 Å². The van der Waals surface area contributed by atoms with Crippen molar-refractivity contribution in [3.8, 4) is 0 Å². The normalized spacial score (nSPS) is 52.1. The Morgan fingerprint density at radius 1 is 1.08 bits per heavy atom. The molecule has 7 atom stereocenters. The monoisotopic (exact) mass is 332 g/mol. The van der Waals surface area contributed by atoms with Crippen LogP contribution in [-0.2, 0) is 4.79 Å². The lowest BCUT2D eigenvalue weighted by Crippen LogP contribution is -2.58. The van der Waals surface area contributed by atoms with E-state index in [2.05, 4.69) is 13.8 Å². The second kappa shape index (κ2) is 5.17. The predicted octanol–water partition coefficient (Wildman–Crippen LogP) is 3.63. The fraction of sp³-hybridized carbons (Fsp3) is 0.857. The van der Waals surface area contributed by atoms with Crippen LogP contribution in [0.2, 0.25) is 0 Å². The van der Waals surface area contributed by atoms with Gasteiger partial charge < -0.3 is 10.2 Å². The molecule has 0 aromatic rings. The minimum Gasteiger partial charge on any atom is -0.390 e. The molecule has 4 aliphatic rings. The number of carbonyl (C=O) groups is 1. The van der Waals surface area contributed by atoms with Crippen LogP contribution in [0.25, 0.3) is 0 Å². The van der Waals surface area contributed by atoms with Gasteiger partial charge in [-0.05, 0) is 81.1 Å². The number of allylic oxidation sites excluding steroid dienone is 1. The van der Waals surface area contributed by atoms with Gasteiger partial charge in [0, 0.05) is 11.8 Å². The summed E-state index contributed by atoms with van der Waals surface area (Å²) in [5.41, 5.74) is 0.489. The van der Waals surface area contributed by atoms with E-state index in [1.807, 2.05) is 6.08 Å². The Bertz CT molecular complexity index is 594. The van der Waals surface area contributed by atoms with Gasteiger partial charge in [0.05, 0.1) is 11.7 Å². The molecule has 0 amide bonds. The Kier molecular flexibility index (Phi) is 3.61. The van der Waals surface area contributed by atoms with Crippen LogP contribution in [0.1, 0.15) is 72.1 Å². The van der Waals surface area contributed by atoms with E-state index >= 15 is 0 Å². The smallest absolute Gasteiger partial charge is 0.155 e. The highest BCUT2D eigenvalue weighted by molar-refractivity contribution is 5.91. The molecule has 0 radical (unpaired) electrons. The van der Waals surface area contributed by atoms with Gasteiger partial charge >= 0.3 is 0 Å². The molecule has 3 unspecified atom stereocenters. The first kappa shape index (κ1) is 16.8. The maximum absolute atomic E-state index is 11.9. The minimum absolute atomic E-state index is 0.162. The van der Waals surface area contributed by atoms with Gasteiger partial charge in [0.15, 0.2) is 5.78 Å². The highest BCUT2D eigenvalue weighted by atomic mass is 16.3. The van der Waals surface area contributed by atoms with Gasteiger partial charge in [-0.1, -0.05) is 19.4 Å². The molecule has 2 N–H and O–H groups in total. The number of ketones is 1. The zero-order valence-electron chi connectivity index (χ0n) is 15.3. The van der Waals surface area contributed by atoms with Gasteiger partial charge in [-0.15, -0.1) is 0 Å². The number of carbonyl (C=O) groups excluding carboxylic acids is 1. The van der Waals surface area contributed by atoms with E-state index in [9.17, 15) is 15.0 Å². The molecule has 0 saturated heterocycles. The summed E-state index contributed by atoms with van der Waals surface area (Å²) in [6.07, 6.45) is 9.07. The predicted molar refractivity (Wildman–Crippen MR) is 93.3 cm³/mol. The molecule has 3 heteroatoms. The number of rotatable bonds is 1. The number of aliphatic hydroxyl groups excluding tert-OH is 1. The fourth-order valence-electron chi connectivity index (χ4n) is 7.30. The fourth-order valence-corrected chi connectivity index (χ4v) is 7.30. The van der Waals surface area contributed by atoms with Gasteiger partial charge in [-0.25, -0.2) is 0 Å². The third kappa shape index (κ3) is 1.94. The Labute approximate surface area is 145 Å². The molecule has 0 bridgehead atoms. The van der Waals surface area contributed by atoms with Crippen LogP contribution in [0, 0.1) is 28.6 Å². The van der Waals surface area contributed by atoms with Gasteiger partial charge in [-0.2, -0.15) is 0 Å². The van der Waals surface area contributed by atoms with Crippen molar-refractivity contribution in [1.29, 1.82) is 0 Å². The number of hydrogen-bond donors (Lipinski definition) is 2. The maximum atomic E-state index is 11.9. The van der Waals surface area contributed by atoms with E-state index in [0.29, 0.717) is 30.0 Å². The summed E-state index contributed by atoms with van der Waals surface area (Å²) in [7, 11) is 0. The average molecular weight is 332 g/mol. The van der Waals surface area contributed by atoms with Crippen molar-refractivity contribution < 1.29 is 15.0 Å². The van der Waals surface area contributed by atoms with Crippen molar-refractivity contribution in [2.45, 2.75) is 83.8 Å². The topological polar surface area (TPSA) is 57.5 Å². The number of fused-ring (bicyclic) bond motifs is 5. The largest absolute Gasteiger partial charge is 0.390 e. The summed E-state index contributed by atoms with van der Waals surface area (Å²) < 4.78 is 0. The lowest BCUT2D eigenvalue weighted by Gasteiger charge is -2.59. The minimum atomic E-state index is -0.928. The molecule has 4 rings (SSSR count). The molecule has 4 aliphatic carbocycles. The van der Waals surface area contributed by atoms with Crippen molar-refractivity contribution in [3.63, 3.8) is 0 Å². The Morgan fingerprint density at radius 2 is 1.79 bits per heavy atom. The molecule has 3 nitrogen and oxygen atoms in total. The highest BCUT2D eigenvalue weighted by Crippen LogP contribution is 2.67. The summed E-state index contributed by atoms with van der Waals surface area (Å²) in [6, 6.07) is 0. The SMILES string of the molecule is C[C@@H](O)[C@@]1(O)CCC2C3CCC4=CC(=O)CC[C@]4(C)C3CC[C@@]21C. The Balaban J connectivity index is 1.69. The highest BCUT2D eigenvalue weighted by Gasteiger charge is 2.65. The first-order valence-electron chi connectivity index (χ1n) is 9.87. The zero-order chi connectivity index (χ0) is 17.3. The van der Waals surface area contributed by atoms with Crippen LogP contribution in [0.3, 0.4) is 0 Å². The first-order chi connectivity index (χ1) is 11.2. The van der Waals surface area contributed by atoms with Gasteiger partial charge in [0.25, 0.3) is 0 Å². The van der Waals surface area contributed by atoms with Gasteiger partial charge in [0.2, 0.25) is 0 Å². The molecule has 3 saturated carbocycles. The standard InChI is InChI=1S/C21H32O3/c1-13(22)21(24)11-8-18-16-5-4-14-12-15(23)6-9-19(14,2)17(16)7-10-20(18,21)3/h12-13,16-18,22,24H,4-11H2,1-3H3/t13-,16?,17?,18?,19+,20+,21+/m1/s1. The molecular formula is C21H32O3. The summed E-state index contributed by atoms with van der Waals surface area (Å²) in [5, 5.41) is 21.5.